The smallest absolute Gasteiger partial charge is 0.274 e. The summed E-state index contributed by atoms with van der Waals surface area (Å²) in [5.74, 6) is 0.819. The van der Waals surface area contributed by atoms with Gasteiger partial charge in [0.25, 0.3) is 11.8 Å². The number of nitrogens with one attached hydrogen (secondary N) is 2. The number of hydrogen-bond donors (Lipinski definition) is 3. The molecule has 9 nitrogen and oxygen atoms in total. The van der Waals surface area contributed by atoms with Gasteiger partial charge in [-0.05, 0) is 59.8 Å². The highest BCUT2D eigenvalue weighted by molar-refractivity contribution is 6.19. The van der Waals surface area contributed by atoms with Crippen molar-refractivity contribution in [2.75, 3.05) is 43.0 Å². The molecule has 3 aromatic carbocycles. The number of aromatic hydroxyl groups is 1. The summed E-state index contributed by atoms with van der Waals surface area (Å²) in [5.41, 5.74) is 4.12. The fourth-order valence-corrected chi connectivity index (χ4v) is 5.76. The second-order valence-electron chi connectivity index (χ2n) is 10.3. The highest BCUT2D eigenvalue weighted by Gasteiger charge is 2.35. The summed E-state index contributed by atoms with van der Waals surface area (Å²) in [6.07, 6.45) is 1.58. The molecule has 0 saturated carbocycles. The van der Waals surface area contributed by atoms with Crippen molar-refractivity contribution in [2.24, 2.45) is 0 Å². The van der Waals surface area contributed by atoms with Crippen molar-refractivity contribution in [3.8, 4) is 11.5 Å². The Bertz CT molecular complexity index is 1820. The van der Waals surface area contributed by atoms with Gasteiger partial charge in [0, 0.05) is 47.9 Å². The summed E-state index contributed by atoms with van der Waals surface area (Å²) in [4.78, 5) is 35.8. The van der Waals surface area contributed by atoms with Crippen LogP contribution in [0.15, 0.2) is 66.9 Å². The van der Waals surface area contributed by atoms with Crippen LogP contribution in [0.3, 0.4) is 0 Å². The number of aromatic amines is 1. The molecule has 42 heavy (non-hydrogen) atoms. The third-order valence-electron chi connectivity index (χ3n) is 7.55. The average Bonchev–Trinajstić information content (AvgIpc) is 3.59. The van der Waals surface area contributed by atoms with Crippen LogP contribution in [0.5, 0.6) is 11.5 Å². The fourth-order valence-electron chi connectivity index (χ4n) is 5.51. The number of aryl methyl sites for hydroxylation is 1. The quantitative estimate of drug-likeness (QED) is 0.152. The molecular weight excluding hydrogens is 556 g/mol. The summed E-state index contributed by atoms with van der Waals surface area (Å²) in [7, 11) is 1.60. The second-order valence-corrected chi connectivity index (χ2v) is 10.6. The first-order valence-electron chi connectivity index (χ1n) is 13.5. The first-order valence-corrected chi connectivity index (χ1v) is 14.1. The zero-order chi connectivity index (χ0) is 29.4. The van der Waals surface area contributed by atoms with Crippen LogP contribution in [0.25, 0.3) is 21.7 Å². The van der Waals surface area contributed by atoms with Crippen molar-refractivity contribution >= 4 is 56.6 Å². The van der Waals surface area contributed by atoms with Crippen LogP contribution in [0, 0.1) is 6.92 Å². The van der Waals surface area contributed by atoms with E-state index in [1.807, 2.05) is 25.1 Å². The summed E-state index contributed by atoms with van der Waals surface area (Å²) in [6.45, 7) is 3.29. The molecule has 0 aliphatic carbocycles. The SMILES string of the molecule is COCCOc1ccc(C(=O)Nc2cc3cc(C(=O)N4C[C@@H](CCl)c5c4cc(O)c4cccc(C)c54)[nH]c3cn2)cc1. The highest BCUT2D eigenvalue weighted by Crippen LogP contribution is 2.46. The van der Waals surface area contributed by atoms with Crippen molar-refractivity contribution in [3.05, 3.63) is 89.2 Å². The number of phenolic OH excluding ortho intramolecular Hbond substituents is 1. The maximum absolute atomic E-state index is 13.8. The minimum Gasteiger partial charge on any atom is -0.507 e. The Morgan fingerprint density at radius 3 is 2.71 bits per heavy atom. The Hall–Kier alpha value is -4.60. The summed E-state index contributed by atoms with van der Waals surface area (Å²) < 4.78 is 10.5. The van der Waals surface area contributed by atoms with E-state index in [0.717, 1.165) is 27.3 Å². The zero-order valence-electron chi connectivity index (χ0n) is 23.1. The molecule has 3 N–H and O–H groups in total. The number of H-pyrrole nitrogens is 1. The van der Waals surface area contributed by atoms with Crippen LogP contribution < -0.4 is 15.0 Å². The minimum absolute atomic E-state index is 0.0753. The van der Waals surface area contributed by atoms with Crippen molar-refractivity contribution in [2.45, 2.75) is 12.8 Å². The Labute approximate surface area is 247 Å². The van der Waals surface area contributed by atoms with Gasteiger partial charge >= 0.3 is 0 Å². The predicted octanol–water partition coefficient (Wildman–Crippen LogP) is 5.99. The second kappa shape index (κ2) is 11.3. The van der Waals surface area contributed by atoms with Crippen LogP contribution >= 0.6 is 11.6 Å². The number of pyridine rings is 1. The molecule has 1 aliphatic heterocycles. The lowest BCUT2D eigenvalue weighted by Crippen LogP contribution is -2.30. The third-order valence-corrected chi connectivity index (χ3v) is 7.92. The minimum atomic E-state index is -0.319. The number of alkyl halides is 1. The number of nitrogens with zero attached hydrogens (tertiary/aromatic N) is 2. The third kappa shape index (κ3) is 5.01. The van der Waals surface area contributed by atoms with E-state index in [2.05, 4.69) is 15.3 Å². The number of aromatic nitrogens is 2. The van der Waals surface area contributed by atoms with E-state index in [1.54, 1.807) is 60.7 Å². The molecule has 3 heterocycles. The molecule has 0 fully saturated rings. The number of hydrogen-bond acceptors (Lipinski definition) is 6. The molecule has 1 atom stereocenters. The molecule has 5 aromatic rings. The van der Waals surface area contributed by atoms with Gasteiger partial charge in [-0.2, -0.15) is 0 Å². The van der Waals surface area contributed by atoms with Crippen LogP contribution in [0.2, 0.25) is 0 Å². The molecule has 2 amide bonds. The number of ether oxygens (including phenoxy) is 2. The maximum Gasteiger partial charge on any atom is 0.274 e. The predicted molar refractivity (Wildman–Crippen MR) is 163 cm³/mol. The van der Waals surface area contributed by atoms with Crippen LogP contribution in [-0.2, 0) is 4.74 Å². The van der Waals surface area contributed by atoms with Crippen molar-refractivity contribution < 1.29 is 24.2 Å². The fraction of sp³-hybridized carbons (Fsp3) is 0.219. The lowest BCUT2D eigenvalue weighted by molar-refractivity contribution is 0.0983. The largest absolute Gasteiger partial charge is 0.507 e. The topological polar surface area (TPSA) is 117 Å². The van der Waals surface area contributed by atoms with Gasteiger partial charge < -0.3 is 29.8 Å². The molecular formula is C32H29ClN4O5. The van der Waals surface area contributed by atoms with Crippen molar-refractivity contribution in [1.82, 2.24) is 9.97 Å². The number of rotatable bonds is 8. The monoisotopic (exact) mass is 584 g/mol. The Morgan fingerprint density at radius 2 is 1.95 bits per heavy atom. The summed E-state index contributed by atoms with van der Waals surface area (Å²) >= 11 is 6.38. The molecule has 10 heteroatoms. The molecule has 0 unspecified atom stereocenters. The number of halogens is 1. The summed E-state index contributed by atoms with van der Waals surface area (Å²) in [6, 6.07) is 17.7. The van der Waals surface area contributed by atoms with E-state index in [0.29, 0.717) is 59.7 Å². The standard InChI is InChI=1S/C32H29ClN4O5/c1-18-4-3-5-23-27(38)14-26-30(29(18)23)21(15-33)17-37(26)32(40)24-12-20-13-28(34-16-25(20)35-24)36-31(39)19-6-8-22(9-7-19)42-11-10-41-2/h3-9,12-14,16,21,35,38H,10-11,15,17H2,1-2H3,(H,34,36,39)/t21-/m1/s1. The number of amides is 2. The van der Waals surface area contributed by atoms with Crippen LogP contribution in [0.4, 0.5) is 11.5 Å². The van der Waals surface area contributed by atoms with Gasteiger partial charge in [0.2, 0.25) is 0 Å². The van der Waals surface area contributed by atoms with Gasteiger partial charge in [0.15, 0.2) is 0 Å². The van der Waals surface area contributed by atoms with E-state index in [1.165, 1.54) is 0 Å². The normalized spacial score (nSPS) is 14.4. The van der Waals surface area contributed by atoms with Gasteiger partial charge in [0.05, 0.1) is 24.0 Å². The lowest BCUT2D eigenvalue weighted by atomic mass is 9.92. The number of carbonyl (C=O) groups is 2. The van der Waals surface area contributed by atoms with E-state index in [9.17, 15) is 14.7 Å². The number of fused-ring (bicyclic) bond motifs is 4. The lowest BCUT2D eigenvalue weighted by Gasteiger charge is -2.18. The molecule has 0 spiro atoms. The first kappa shape index (κ1) is 27.6. The Morgan fingerprint density at radius 1 is 1.14 bits per heavy atom. The first-order chi connectivity index (χ1) is 20.4. The van der Waals surface area contributed by atoms with E-state index in [-0.39, 0.29) is 23.5 Å². The van der Waals surface area contributed by atoms with Gasteiger partial charge in [-0.15, -0.1) is 11.6 Å². The van der Waals surface area contributed by atoms with Gasteiger partial charge in [-0.3, -0.25) is 9.59 Å². The zero-order valence-corrected chi connectivity index (χ0v) is 23.9. The number of anilines is 2. The van der Waals surface area contributed by atoms with E-state index >= 15 is 0 Å². The molecule has 2 aromatic heterocycles. The van der Waals surface area contributed by atoms with E-state index < -0.39 is 0 Å². The molecule has 0 bridgehead atoms. The maximum atomic E-state index is 13.8. The molecule has 0 radical (unpaired) electrons. The number of benzene rings is 3. The Kier molecular flexibility index (Phi) is 7.45. The molecule has 0 saturated heterocycles. The Balaban J connectivity index is 1.23. The van der Waals surface area contributed by atoms with Crippen molar-refractivity contribution in [3.63, 3.8) is 0 Å². The number of carbonyl (C=O) groups excluding carboxylic acids is 2. The average molecular weight is 585 g/mol. The highest BCUT2D eigenvalue weighted by atomic mass is 35.5. The van der Waals surface area contributed by atoms with E-state index in [4.69, 9.17) is 21.1 Å². The van der Waals surface area contributed by atoms with Gasteiger partial charge in [-0.25, -0.2) is 4.98 Å². The van der Waals surface area contributed by atoms with Crippen LogP contribution in [-0.4, -0.2) is 59.6 Å². The van der Waals surface area contributed by atoms with Gasteiger partial charge in [0.1, 0.15) is 29.6 Å². The molecule has 214 valence electrons. The molecule has 1 aliphatic rings. The number of methoxy groups -OCH3 is 1. The van der Waals surface area contributed by atoms with Crippen LogP contribution in [0.1, 0.15) is 37.9 Å². The molecule has 6 rings (SSSR count). The number of phenols is 1. The van der Waals surface area contributed by atoms with Gasteiger partial charge in [-0.1, -0.05) is 18.2 Å². The summed E-state index contributed by atoms with van der Waals surface area (Å²) in [5, 5.41) is 16.0. The van der Waals surface area contributed by atoms with Crippen molar-refractivity contribution in [1.29, 1.82) is 0 Å².